The zero-order chi connectivity index (χ0) is 18.5. The largest absolute Gasteiger partial charge is 0.361 e. The summed E-state index contributed by atoms with van der Waals surface area (Å²) in [5.41, 5.74) is 6.36. The Hall–Kier alpha value is -3.22. The first-order valence-corrected chi connectivity index (χ1v) is 9.04. The molecule has 1 aromatic carbocycles. The molecule has 0 atom stereocenters. The van der Waals surface area contributed by atoms with Crippen LogP contribution in [0, 0.1) is 13.8 Å². The third kappa shape index (κ3) is 2.58. The second-order valence-electron chi connectivity index (χ2n) is 7.06. The van der Waals surface area contributed by atoms with Crippen LogP contribution in [0.25, 0.3) is 22.0 Å². The van der Waals surface area contributed by atoms with Crippen molar-refractivity contribution in [3.05, 3.63) is 53.6 Å². The van der Waals surface area contributed by atoms with Gasteiger partial charge in [0.1, 0.15) is 5.76 Å². The van der Waals surface area contributed by atoms with Crippen LogP contribution in [-0.4, -0.2) is 31.2 Å². The standard InChI is InChI=1S/C20H20N6O/c1-12-19(13(2)27-24-12)14-4-5-16-15(8-14)9-21-20(23-16)26-7-6-17-18(10-26)25(3)11-22-17/h4-5,8-9,11H,6-7,10H2,1-3H3. The van der Waals surface area contributed by atoms with Crippen LogP contribution in [0.4, 0.5) is 5.95 Å². The molecule has 0 fully saturated rings. The number of hydrogen-bond donors (Lipinski definition) is 0. The molecule has 0 spiro atoms. The van der Waals surface area contributed by atoms with Gasteiger partial charge in [-0.2, -0.15) is 0 Å². The lowest BCUT2D eigenvalue weighted by Crippen LogP contribution is -2.32. The first-order chi connectivity index (χ1) is 13.1. The molecule has 0 saturated carbocycles. The highest BCUT2D eigenvalue weighted by Gasteiger charge is 2.22. The van der Waals surface area contributed by atoms with Gasteiger partial charge in [-0.1, -0.05) is 11.2 Å². The van der Waals surface area contributed by atoms with Crippen LogP contribution in [0.3, 0.4) is 0 Å². The van der Waals surface area contributed by atoms with E-state index >= 15 is 0 Å². The van der Waals surface area contributed by atoms with Gasteiger partial charge in [-0.3, -0.25) is 0 Å². The van der Waals surface area contributed by atoms with Crippen LogP contribution in [0.15, 0.2) is 35.2 Å². The smallest absolute Gasteiger partial charge is 0.226 e. The van der Waals surface area contributed by atoms with E-state index < -0.39 is 0 Å². The summed E-state index contributed by atoms with van der Waals surface area (Å²) in [6, 6.07) is 6.21. The molecule has 7 heteroatoms. The van der Waals surface area contributed by atoms with Gasteiger partial charge in [0.05, 0.1) is 35.5 Å². The van der Waals surface area contributed by atoms with E-state index in [4.69, 9.17) is 9.51 Å². The van der Waals surface area contributed by atoms with Gasteiger partial charge in [-0.25, -0.2) is 15.0 Å². The highest BCUT2D eigenvalue weighted by Crippen LogP contribution is 2.30. The molecule has 0 unspecified atom stereocenters. The van der Waals surface area contributed by atoms with Crippen LogP contribution >= 0.6 is 0 Å². The molecule has 4 heterocycles. The third-order valence-electron chi connectivity index (χ3n) is 5.28. The Balaban J connectivity index is 1.50. The number of imidazole rings is 1. The Morgan fingerprint density at radius 1 is 1.15 bits per heavy atom. The van der Waals surface area contributed by atoms with E-state index in [1.165, 1.54) is 11.4 Å². The molecule has 5 rings (SSSR count). The molecule has 1 aliphatic heterocycles. The number of hydrogen-bond acceptors (Lipinski definition) is 6. The van der Waals surface area contributed by atoms with Gasteiger partial charge < -0.3 is 14.0 Å². The predicted octanol–water partition coefficient (Wildman–Crippen LogP) is 3.20. The van der Waals surface area contributed by atoms with Crippen molar-refractivity contribution in [1.82, 2.24) is 24.7 Å². The second kappa shape index (κ2) is 5.90. The summed E-state index contributed by atoms with van der Waals surface area (Å²) in [6.07, 6.45) is 4.70. The van der Waals surface area contributed by atoms with Crippen molar-refractivity contribution in [3.8, 4) is 11.1 Å². The topological polar surface area (TPSA) is 72.9 Å². The van der Waals surface area contributed by atoms with Crippen molar-refractivity contribution >= 4 is 16.9 Å². The summed E-state index contributed by atoms with van der Waals surface area (Å²) in [5, 5.41) is 5.06. The summed E-state index contributed by atoms with van der Waals surface area (Å²) in [6.45, 7) is 5.56. The average Bonchev–Trinajstić information content (AvgIpc) is 3.22. The van der Waals surface area contributed by atoms with E-state index in [2.05, 4.69) is 36.7 Å². The molecule has 0 radical (unpaired) electrons. The lowest BCUT2D eigenvalue weighted by Gasteiger charge is -2.27. The molecule has 0 aliphatic carbocycles. The molecule has 4 aromatic rings. The van der Waals surface area contributed by atoms with Gasteiger partial charge in [0.15, 0.2) is 0 Å². The van der Waals surface area contributed by atoms with E-state index in [1.807, 2.05) is 39.5 Å². The Morgan fingerprint density at radius 3 is 2.85 bits per heavy atom. The normalized spacial score (nSPS) is 14.0. The first kappa shape index (κ1) is 16.0. The second-order valence-corrected chi connectivity index (χ2v) is 7.06. The summed E-state index contributed by atoms with van der Waals surface area (Å²) >= 11 is 0. The Bertz CT molecular complexity index is 1140. The molecular formula is C20H20N6O. The molecule has 0 amide bonds. The van der Waals surface area contributed by atoms with Crippen molar-refractivity contribution < 1.29 is 4.52 Å². The van der Waals surface area contributed by atoms with Gasteiger partial charge >= 0.3 is 0 Å². The Labute approximate surface area is 156 Å². The summed E-state index contributed by atoms with van der Waals surface area (Å²) in [7, 11) is 2.03. The number of aryl methyl sites for hydroxylation is 3. The van der Waals surface area contributed by atoms with Gasteiger partial charge in [0.2, 0.25) is 5.95 Å². The average molecular weight is 360 g/mol. The van der Waals surface area contributed by atoms with Crippen molar-refractivity contribution in [1.29, 1.82) is 0 Å². The minimum Gasteiger partial charge on any atom is -0.361 e. The van der Waals surface area contributed by atoms with E-state index in [9.17, 15) is 0 Å². The van der Waals surface area contributed by atoms with Crippen molar-refractivity contribution in [3.63, 3.8) is 0 Å². The quantitative estimate of drug-likeness (QED) is 0.547. The maximum absolute atomic E-state index is 5.30. The predicted molar refractivity (Wildman–Crippen MR) is 102 cm³/mol. The Kier molecular flexibility index (Phi) is 3.50. The van der Waals surface area contributed by atoms with E-state index in [0.29, 0.717) is 0 Å². The van der Waals surface area contributed by atoms with Gasteiger partial charge in [-0.05, 0) is 31.5 Å². The molecule has 1 aliphatic rings. The van der Waals surface area contributed by atoms with E-state index in [1.54, 1.807) is 0 Å². The van der Waals surface area contributed by atoms with Crippen molar-refractivity contribution in [2.75, 3.05) is 11.4 Å². The number of aromatic nitrogens is 5. The van der Waals surface area contributed by atoms with Crippen molar-refractivity contribution in [2.24, 2.45) is 7.05 Å². The highest BCUT2D eigenvalue weighted by atomic mass is 16.5. The van der Waals surface area contributed by atoms with E-state index in [0.717, 1.165) is 58.9 Å². The number of rotatable bonds is 2. The molecule has 3 aromatic heterocycles. The Morgan fingerprint density at radius 2 is 2.04 bits per heavy atom. The maximum Gasteiger partial charge on any atom is 0.226 e. The summed E-state index contributed by atoms with van der Waals surface area (Å²) in [4.78, 5) is 16.1. The van der Waals surface area contributed by atoms with E-state index in [-0.39, 0.29) is 0 Å². The number of anilines is 1. The number of benzene rings is 1. The zero-order valence-corrected chi connectivity index (χ0v) is 15.6. The van der Waals surface area contributed by atoms with Crippen LogP contribution < -0.4 is 4.90 Å². The summed E-state index contributed by atoms with van der Waals surface area (Å²) in [5.74, 6) is 1.59. The molecular weight excluding hydrogens is 340 g/mol. The van der Waals surface area contributed by atoms with Crippen LogP contribution in [0.2, 0.25) is 0 Å². The lowest BCUT2D eigenvalue weighted by atomic mass is 10.0. The molecule has 0 N–H and O–H groups in total. The van der Waals surface area contributed by atoms with Crippen LogP contribution in [-0.2, 0) is 20.0 Å². The van der Waals surface area contributed by atoms with Gasteiger partial charge in [0.25, 0.3) is 0 Å². The maximum atomic E-state index is 5.30. The minimum absolute atomic E-state index is 0.763. The molecule has 0 bridgehead atoms. The first-order valence-electron chi connectivity index (χ1n) is 9.04. The highest BCUT2D eigenvalue weighted by molar-refractivity contribution is 5.85. The van der Waals surface area contributed by atoms with Crippen LogP contribution in [0.5, 0.6) is 0 Å². The minimum atomic E-state index is 0.763. The molecule has 7 nitrogen and oxygen atoms in total. The molecule has 27 heavy (non-hydrogen) atoms. The fraction of sp³-hybridized carbons (Fsp3) is 0.300. The lowest BCUT2D eigenvalue weighted by molar-refractivity contribution is 0.393. The third-order valence-corrected chi connectivity index (χ3v) is 5.28. The van der Waals surface area contributed by atoms with Gasteiger partial charge in [-0.15, -0.1) is 0 Å². The zero-order valence-electron chi connectivity index (χ0n) is 15.6. The fourth-order valence-corrected chi connectivity index (χ4v) is 3.81. The summed E-state index contributed by atoms with van der Waals surface area (Å²) < 4.78 is 7.38. The fourth-order valence-electron chi connectivity index (χ4n) is 3.81. The van der Waals surface area contributed by atoms with Gasteiger partial charge in [0, 0.05) is 37.2 Å². The molecule has 0 saturated heterocycles. The van der Waals surface area contributed by atoms with Crippen LogP contribution in [0.1, 0.15) is 22.8 Å². The van der Waals surface area contributed by atoms with Crippen molar-refractivity contribution in [2.45, 2.75) is 26.8 Å². The molecule has 136 valence electrons. The SMILES string of the molecule is Cc1noc(C)c1-c1ccc2nc(N3CCc4ncn(C)c4C3)ncc2c1. The number of nitrogens with zero attached hydrogens (tertiary/aromatic N) is 6. The number of fused-ring (bicyclic) bond motifs is 2. The monoisotopic (exact) mass is 360 g/mol.